The zero-order chi connectivity index (χ0) is 8.67. The van der Waals surface area contributed by atoms with E-state index in [2.05, 4.69) is 24.3 Å². The molecule has 0 atom stereocenters. The van der Waals surface area contributed by atoms with E-state index < -0.39 is 0 Å². The predicted molar refractivity (Wildman–Crippen MR) is 59.1 cm³/mol. The normalized spacial score (nSPS) is 18.5. The molecule has 0 unspecified atom stereocenters. The van der Waals surface area contributed by atoms with E-state index in [0.29, 0.717) is 0 Å². The Hall–Kier alpha value is -0.820. The molecular weight excluding hydrogens is 176 g/mol. The fourth-order valence-electron chi connectivity index (χ4n) is 2.11. The smallest absolute Gasteiger partial charge is 0.0308 e. The molecule has 1 heterocycles. The molecule has 2 aliphatic carbocycles. The Balaban J connectivity index is 2.41. The molecule has 1 heteroatoms. The minimum absolute atomic E-state index is 1.23. The minimum atomic E-state index is 1.23. The van der Waals surface area contributed by atoms with Gasteiger partial charge < -0.3 is 0 Å². The number of hydrogen-bond donors (Lipinski definition) is 0. The van der Waals surface area contributed by atoms with E-state index in [0.717, 1.165) is 0 Å². The fraction of sp³-hybridized carbons (Fsp3) is 0.333. The minimum Gasteiger partial charge on any atom is -0.140 e. The van der Waals surface area contributed by atoms with E-state index in [9.17, 15) is 0 Å². The van der Waals surface area contributed by atoms with Crippen LogP contribution in [-0.4, -0.2) is 0 Å². The summed E-state index contributed by atoms with van der Waals surface area (Å²) in [5.41, 5.74) is 1.52. The van der Waals surface area contributed by atoms with Crippen molar-refractivity contribution in [2.45, 2.75) is 25.7 Å². The summed E-state index contributed by atoms with van der Waals surface area (Å²) in [7, 11) is 0. The van der Waals surface area contributed by atoms with E-state index >= 15 is 0 Å². The Morgan fingerprint density at radius 2 is 2.00 bits per heavy atom. The first-order valence-corrected chi connectivity index (χ1v) is 5.75. The second-order valence-electron chi connectivity index (χ2n) is 3.64. The first-order valence-electron chi connectivity index (χ1n) is 4.94. The molecule has 0 radical (unpaired) electrons. The maximum absolute atomic E-state index is 2.40. The average molecular weight is 188 g/mol. The maximum Gasteiger partial charge on any atom is 0.0308 e. The number of aryl methyl sites for hydroxylation is 1. The van der Waals surface area contributed by atoms with Gasteiger partial charge in [-0.25, -0.2) is 0 Å². The average Bonchev–Trinajstić information content (AvgIpc) is 2.56. The van der Waals surface area contributed by atoms with Crippen molar-refractivity contribution in [1.82, 2.24) is 0 Å². The molecule has 0 aliphatic heterocycles. The topological polar surface area (TPSA) is 0 Å². The second-order valence-corrected chi connectivity index (χ2v) is 4.78. The van der Waals surface area contributed by atoms with Crippen molar-refractivity contribution in [1.29, 1.82) is 0 Å². The zero-order valence-corrected chi connectivity index (χ0v) is 8.36. The number of thiophene rings is 1. The molecule has 0 aromatic carbocycles. The summed E-state index contributed by atoms with van der Waals surface area (Å²) < 4.78 is 1.52. The third-order valence-corrected chi connectivity index (χ3v) is 4.03. The van der Waals surface area contributed by atoms with E-state index in [1.54, 1.807) is 4.88 Å². The second kappa shape index (κ2) is 2.85. The monoisotopic (exact) mass is 188 g/mol. The van der Waals surface area contributed by atoms with Crippen molar-refractivity contribution < 1.29 is 0 Å². The van der Waals surface area contributed by atoms with Crippen LogP contribution in [0.2, 0.25) is 0 Å². The lowest BCUT2D eigenvalue weighted by atomic mass is 10.0. The van der Waals surface area contributed by atoms with Crippen LogP contribution in [-0.2, 0) is 6.42 Å². The number of hydrogen-bond acceptors (Lipinski definition) is 1. The lowest BCUT2D eigenvalue weighted by Crippen LogP contribution is -2.22. The molecular formula is C12H12S. The van der Waals surface area contributed by atoms with Gasteiger partial charge in [0.25, 0.3) is 0 Å². The molecule has 3 rings (SSSR count). The Morgan fingerprint density at radius 1 is 1.08 bits per heavy atom. The van der Waals surface area contributed by atoms with Crippen LogP contribution < -0.4 is 9.75 Å². The van der Waals surface area contributed by atoms with E-state index in [4.69, 9.17) is 0 Å². The Labute approximate surface area is 81.9 Å². The van der Waals surface area contributed by atoms with Crippen molar-refractivity contribution in [2.75, 3.05) is 0 Å². The van der Waals surface area contributed by atoms with Gasteiger partial charge >= 0.3 is 0 Å². The molecule has 0 nitrogen and oxygen atoms in total. The molecule has 0 amide bonds. The van der Waals surface area contributed by atoms with Gasteiger partial charge in [0.05, 0.1) is 0 Å². The summed E-state index contributed by atoms with van der Waals surface area (Å²) in [6, 6.07) is 0. The van der Waals surface area contributed by atoms with Crippen LogP contribution in [0.1, 0.15) is 29.7 Å². The third-order valence-electron chi connectivity index (χ3n) is 2.76. The summed E-state index contributed by atoms with van der Waals surface area (Å²) in [5.74, 6) is 0. The summed E-state index contributed by atoms with van der Waals surface area (Å²) in [6.45, 7) is 0. The highest BCUT2D eigenvalue weighted by Crippen LogP contribution is 2.19. The number of rotatable bonds is 0. The molecule has 0 saturated carbocycles. The number of allylic oxidation sites excluding steroid dienone is 1. The molecule has 0 bridgehead atoms. The lowest BCUT2D eigenvalue weighted by Gasteiger charge is -2.02. The molecule has 0 N–H and O–H groups in total. The van der Waals surface area contributed by atoms with Crippen LogP contribution in [0.4, 0.5) is 0 Å². The summed E-state index contributed by atoms with van der Waals surface area (Å²) in [5, 5.41) is 1.52. The standard InChI is InChI=1S/C12H12S/c1-3-7-11-9(5-1)10-6-2-4-8-12(10)13-11/h1,5-6,8H,2-4,7H2. The van der Waals surface area contributed by atoms with Gasteiger partial charge in [0.1, 0.15) is 0 Å². The van der Waals surface area contributed by atoms with Gasteiger partial charge in [-0.05, 0) is 36.5 Å². The first kappa shape index (κ1) is 7.57. The van der Waals surface area contributed by atoms with Crippen molar-refractivity contribution in [3.63, 3.8) is 0 Å². The Morgan fingerprint density at radius 3 is 3.00 bits per heavy atom. The fourth-order valence-corrected chi connectivity index (χ4v) is 3.39. The molecule has 1 aromatic heterocycles. The highest BCUT2D eigenvalue weighted by molar-refractivity contribution is 7.10. The van der Waals surface area contributed by atoms with Crippen molar-refractivity contribution in [3.05, 3.63) is 26.3 Å². The molecule has 0 fully saturated rings. The largest absolute Gasteiger partial charge is 0.140 e. The van der Waals surface area contributed by atoms with Crippen molar-refractivity contribution in [3.8, 4) is 0 Å². The molecule has 2 aliphatic rings. The molecule has 0 spiro atoms. The summed E-state index contributed by atoms with van der Waals surface area (Å²) in [4.78, 5) is 1.60. The van der Waals surface area contributed by atoms with E-state index in [1.807, 2.05) is 11.3 Å². The molecule has 1 aromatic rings. The molecule has 66 valence electrons. The van der Waals surface area contributed by atoms with Crippen LogP contribution in [0.25, 0.3) is 18.2 Å². The van der Waals surface area contributed by atoms with Gasteiger partial charge in [0, 0.05) is 9.41 Å². The van der Waals surface area contributed by atoms with Gasteiger partial charge in [-0.2, -0.15) is 0 Å². The van der Waals surface area contributed by atoms with Gasteiger partial charge in [-0.15, -0.1) is 11.3 Å². The molecule has 13 heavy (non-hydrogen) atoms. The van der Waals surface area contributed by atoms with E-state index in [1.165, 1.54) is 41.0 Å². The molecule has 0 saturated heterocycles. The van der Waals surface area contributed by atoms with Gasteiger partial charge in [0.15, 0.2) is 0 Å². The van der Waals surface area contributed by atoms with E-state index in [-0.39, 0.29) is 0 Å². The Kier molecular flexibility index (Phi) is 1.66. The Bertz CT molecular complexity index is 474. The summed E-state index contributed by atoms with van der Waals surface area (Å²) >= 11 is 2.00. The lowest BCUT2D eigenvalue weighted by molar-refractivity contribution is 1.01. The van der Waals surface area contributed by atoms with Crippen LogP contribution in [0, 0.1) is 0 Å². The van der Waals surface area contributed by atoms with Crippen molar-refractivity contribution in [2.24, 2.45) is 0 Å². The van der Waals surface area contributed by atoms with Crippen LogP contribution in [0.15, 0.2) is 6.08 Å². The van der Waals surface area contributed by atoms with Gasteiger partial charge in [0.2, 0.25) is 0 Å². The van der Waals surface area contributed by atoms with Crippen LogP contribution >= 0.6 is 11.3 Å². The van der Waals surface area contributed by atoms with Crippen LogP contribution in [0.5, 0.6) is 0 Å². The van der Waals surface area contributed by atoms with Crippen molar-refractivity contribution >= 4 is 29.6 Å². The maximum atomic E-state index is 2.40. The van der Waals surface area contributed by atoms with Crippen LogP contribution in [0.3, 0.4) is 0 Å². The zero-order valence-electron chi connectivity index (χ0n) is 7.55. The third kappa shape index (κ3) is 1.11. The quantitative estimate of drug-likeness (QED) is 0.584. The number of fused-ring (bicyclic) bond motifs is 3. The van der Waals surface area contributed by atoms with Gasteiger partial charge in [-0.1, -0.05) is 24.3 Å². The highest BCUT2D eigenvalue weighted by Gasteiger charge is 2.10. The summed E-state index contributed by atoms with van der Waals surface area (Å²) in [6.07, 6.45) is 14.4. The SMILES string of the molecule is C1=Cc2c(sc3c2=CCCC=3)CC1. The van der Waals surface area contributed by atoms with Gasteiger partial charge in [-0.3, -0.25) is 0 Å². The first-order chi connectivity index (χ1) is 6.45. The highest BCUT2D eigenvalue weighted by atomic mass is 32.1. The predicted octanol–water partition coefficient (Wildman–Crippen LogP) is 2.06.